The van der Waals surface area contributed by atoms with Gasteiger partial charge in [0, 0.05) is 30.9 Å². The fourth-order valence-corrected chi connectivity index (χ4v) is 2.22. The Kier molecular flexibility index (Phi) is 6.27. The summed E-state index contributed by atoms with van der Waals surface area (Å²) in [7, 11) is 1.97. The zero-order valence-corrected chi connectivity index (χ0v) is 11.7. The highest BCUT2D eigenvalue weighted by molar-refractivity contribution is 5.09. The number of hydrogen-bond donors (Lipinski definition) is 1. The molecule has 0 aliphatic heterocycles. The third-order valence-corrected chi connectivity index (χ3v) is 3.25. The van der Waals surface area contributed by atoms with Gasteiger partial charge in [0.25, 0.3) is 0 Å². The van der Waals surface area contributed by atoms with Crippen LogP contribution in [0.4, 0.5) is 0 Å². The molecule has 1 aromatic rings. The van der Waals surface area contributed by atoms with E-state index in [-0.39, 0.29) is 0 Å². The van der Waals surface area contributed by atoms with Crippen LogP contribution in [0.15, 0.2) is 12.4 Å². The van der Waals surface area contributed by atoms with E-state index < -0.39 is 0 Å². The zero-order valence-electron chi connectivity index (χ0n) is 11.7. The van der Waals surface area contributed by atoms with E-state index in [0.717, 1.165) is 0 Å². The average molecular weight is 237 g/mol. The summed E-state index contributed by atoms with van der Waals surface area (Å²) in [6.45, 7) is 6.74. The van der Waals surface area contributed by atoms with Crippen molar-refractivity contribution in [3.63, 3.8) is 0 Å². The lowest BCUT2D eigenvalue weighted by Crippen LogP contribution is -2.31. The quantitative estimate of drug-likeness (QED) is 0.750. The van der Waals surface area contributed by atoms with Gasteiger partial charge in [0.15, 0.2) is 0 Å². The Morgan fingerprint density at radius 2 is 2.06 bits per heavy atom. The minimum atomic E-state index is 0.400. The molecule has 98 valence electrons. The lowest BCUT2D eigenvalue weighted by Gasteiger charge is -2.22. The second-order valence-corrected chi connectivity index (χ2v) is 4.96. The highest BCUT2D eigenvalue weighted by Gasteiger charge is 2.13. The van der Waals surface area contributed by atoms with Crippen molar-refractivity contribution in [3.05, 3.63) is 18.0 Å². The molecule has 17 heavy (non-hydrogen) atoms. The molecule has 0 radical (unpaired) electrons. The van der Waals surface area contributed by atoms with Crippen LogP contribution in [0.2, 0.25) is 0 Å². The number of nitrogens with one attached hydrogen (secondary N) is 1. The van der Waals surface area contributed by atoms with Crippen LogP contribution in [0.3, 0.4) is 0 Å². The fraction of sp³-hybridized carbons (Fsp3) is 0.786. The molecule has 2 atom stereocenters. The molecule has 0 saturated heterocycles. The number of hydrogen-bond acceptors (Lipinski definition) is 2. The van der Waals surface area contributed by atoms with Crippen molar-refractivity contribution < 1.29 is 0 Å². The van der Waals surface area contributed by atoms with E-state index in [1.165, 1.54) is 37.7 Å². The Balaban J connectivity index is 2.47. The van der Waals surface area contributed by atoms with Crippen LogP contribution in [-0.2, 0) is 7.05 Å². The maximum Gasteiger partial charge on any atom is 0.0537 e. The molecule has 0 saturated carbocycles. The second-order valence-electron chi connectivity index (χ2n) is 4.96. The number of unbranched alkanes of at least 4 members (excludes halogenated alkanes) is 1. The van der Waals surface area contributed by atoms with Gasteiger partial charge < -0.3 is 5.32 Å². The monoisotopic (exact) mass is 237 g/mol. The number of rotatable bonds is 8. The first-order valence-electron chi connectivity index (χ1n) is 6.92. The largest absolute Gasteiger partial charge is 0.307 e. The molecular formula is C14H27N3. The predicted octanol–water partition coefficient (Wildman–Crippen LogP) is 3.43. The van der Waals surface area contributed by atoms with Crippen molar-refractivity contribution in [1.82, 2.24) is 15.1 Å². The highest BCUT2D eigenvalue weighted by atomic mass is 15.2. The minimum absolute atomic E-state index is 0.400. The summed E-state index contributed by atoms with van der Waals surface area (Å²) in [5.41, 5.74) is 1.28. The summed E-state index contributed by atoms with van der Waals surface area (Å²) in [6, 6.07) is 1.05. The van der Waals surface area contributed by atoms with Crippen molar-refractivity contribution in [1.29, 1.82) is 0 Å². The van der Waals surface area contributed by atoms with Crippen LogP contribution < -0.4 is 5.32 Å². The van der Waals surface area contributed by atoms with E-state index >= 15 is 0 Å². The molecule has 0 aromatic carbocycles. The molecule has 0 bridgehead atoms. The molecule has 0 aliphatic rings. The molecule has 3 nitrogen and oxygen atoms in total. The van der Waals surface area contributed by atoms with Gasteiger partial charge in [-0.3, -0.25) is 4.68 Å². The molecule has 1 heterocycles. The molecule has 3 heteroatoms. The van der Waals surface area contributed by atoms with Crippen molar-refractivity contribution in [2.45, 2.75) is 65.0 Å². The molecular weight excluding hydrogens is 210 g/mol. The standard InChI is InChI=1S/C14H27N3/c1-5-7-9-14(8-6-2)16-12(3)13-10-15-17(4)11-13/h10-12,14,16H,5-9H2,1-4H3. The van der Waals surface area contributed by atoms with Gasteiger partial charge in [-0.25, -0.2) is 0 Å². The topological polar surface area (TPSA) is 29.9 Å². The number of aromatic nitrogens is 2. The number of aryl methyl sites for hydroxylation is 1. The highest BCUT2D eigenvalue weighted by Crippen LogP contribution is 2.15. The van der Waals surface area contributed by atoms with Gasteiger partial charge in [0.2, 0.25) is 0 Å². The normalized spacial score (nSPS) is 14.8. The first-order chi connectivity index (χ1) is 8.17. The van der Waals surface area contributed by atoms with Crippen LogP contribution in [0.1, 0.15) is 64.5 Å². The van der Waals surface area contributed by atoms with Crippen molar-refractivity contribution in [2.75, 3.05) is 0 Å². The van der Waals surface area contributed by atoms with Gasteiger partial charge in [0.05, 0.1) is 6.20 Å². The summed E-state index contributed by atoms with van der Waals surface area (Å²) in [5.74, 6) is 0. The van der Waals surface area contributed by atoms with E-state index in [2.05, 4.69) is 37.4 Å². The lowest BCUT2D eigenvalue weighted by atomic mass is 10.0. The first-order valence-corrected chi connectivity index (χ1v) is 6.92. The van der Waals surface area contributed by atoms with Gasteiger partial charge in [-0.2, -0.15) is 5.10 Å². The van der Waals surface area contributed by atoms with Gasteiger partial charge in [-0.1, -0.05) is 33.1 Å². The second kappa shape index (κ2) is 7.49. The third kappa shape index (κ3) is 4.90. The van der Waals surface area contributed by atoms with Crippen molar-refractivity contribution in [3.8, 4) is 0 Å². The first kappa shape index (κ1) is 14.2. The van der Waals surface area contributed by atoms with E-state index in [0.29, 0.717) is 12.1 Å². The summed E-state index contributed by atoms with van der Waals surface area (Å²) in [6.07, 6.45) is 10.5. The summed E-state index contributed by atoms with van der Waals surface area (Å²) >= 11 is 0. The molecule has 0 fully saturated rings. The zero-order chi connectivity index (χ0) is 12.7. The van der Waals surface area contributed by atoms with Gasteiger partial charge in [-0.05, 0) is 19.8 Å². The van der Waals surface area contributed by atoms with E-state index in [4.69, 9.17) is 0 Å². The SMILES string of the molecule is CCCCC(CCC)NC(C)c1cnn(C)c1. The van der Waals surface area contributed by atoms with Crippen LogP contribution >= 0.6 is 0 Å². The fourth-order valence-electron chi connectivity index (χ4n) is 2.22. The van der Waals surface area contributed by atoms with Gasteiger partial charge in [-0.15, -0.1) is 0 Å². The molecule has 0 spiro atoms. The molecule has 0 aliphatic carbocycles. The Labute approximate surface area is 106 Å². The molecule has 1 rings (SSSR count). The average Bonchev–Trinajstić information content (AvgIpc) is 2.73. The molecule has 1 aromatic heterocycles. The van der Waals surface area contributed by atoms with Crippen molar-refractivity contribution >= 4 is 0 Å². The minimum Gasteiger partial charge on any atom is -0.307 e. The Bertz CT molecular complexity index is 306. The van der Waals surface area contributed by atoms with Crippen LogP contribution in [0.5, 0.6) is 0 Å². The Morgan fingerprint density at radius 3 is 2.59 bits per heavy atom. The van der Waals surface area contributed by atoms with Gasteiger partial charge in [0.1, 0.15) is 0 Å². The number of nitrogens with zero attached hydrogens (tertiary/aromatic N) is 2. The molecule has 2 unspecified atom stereocenters. The third-order valence-electron chi connectivity index (χ3n) is 3.25. The van der Waals surface area contributed by atoms with E-state index in [1.54, 1.807) is 0 Å². The van der Waals surface area contributed by atoms with E-state index in [9.17, 15) is 0 Å². The predicted molar refractivity (Wildman–Crippen MR) is 73.0 cm³/mol. The molecule has 1 N–H and O–H groups in total. The smallest absolute Gasteiger partial charge is 0.0537 e. The van der Waals surface area contributed by atoms with Crippen LogP contribution in [0.25, 0.3) is 0 Å². The van der Waals surface area contributed by atoms with Crippen LogP contribution in [0, 0.1) is 0 Å². The maximum absolute atomic E-state index is 4.23. The molecule has 0 amide bonds. The Hall–Kier alpha value is -0.830. The maximum atomic E-state index is 4.23. The van der Waals surface area contributed by atoms with Crippen molar-refractivity contribution in [2.24, 2.45) is 7.05 Å². The summed E-state index contributed by atoms with van der Waals surface area (Å²) < 4.78 is 1.87. The van der Waals surface area contributed by atoms with Crippen LogP contribution in [-0.4, -0.2) is 15.8 Å². The summed E-state index contributed by atoms with van der Waals surface area (Å²) in [5, 5.41) is 7.96. The van der Waals surface area contributed by atoms with E-state index in [1.807, 2.05) is 17.9 Å². The summed E-state index contributed by atoms with van der Waals surface area (Å²) in [4.78, 5) is 0. The van der Waals surface area contributed by atoms with Gasteiger partial charge >= 0.3 is 0 Å². The Morgan fingerprint density at radius 1 is 1.29 bits per heavy atom. The lowest BCUT2D eigenvalue weighted by molar-refractivity contribution is 0.396.